The molecular formula is C57H36N2S. The molecule has 3 heteroatoms. The first-order valence-electron chi connectivity index (χ1n) is 20.5. The largest absolute Gasteiger partial charge is 0.310 e. The fourth-order valence-electron chi connectivity index (χ4n) is 9.95. The van der Waals surface area contributed by atoms with Crippen molar-refractivity contribution in [3.8, 4) is 39.4 Å². The summed E-state index contributed by atoms with van der Waals surface area (Å²) in [5.74, 6) is 0.177. The molecule has 0 saturated heterocycles. The third-order valence-electron chi connectivity index (χ3n) is 12.7. The van der Waals surface area contributed by atoms with Crippen molar-refractivity contribution in [1.29, 1.82) is 5.26 Å². The van der Waals surface area contributed by atoms with Crippen molar-refractivity contribution in [3.05, 3.63) is 211 Å². The molecule has 280 valence electrons. The second-order valence-electron chi connectivity index (χ2n) is 15.9. The molecule has 12 rings (SSSR count). The molecule has 1 heterocycles. The van der Waals surface area contributed by atoms with Crippen molar-refractivity contribution < 1.29 is 0 Å². The first kappa shape index (κ1) is 34.5. The normalized spacial score (nSPS) is 13.2. The van der Waals surface area contributed by atoms with Gasteiger partial charge in [-0.1, -0.05) is 146 Å². The lowest BCUT2D eigenvalue weighted by atomic mass is 9.85. The quantitative estimate of drug-likeness (QED) is 0.163. The number of hydrogen-bond acceptors (Lipinski definition) is 3. The van der Waals surface area contributed by atoms with Gasteiger partial charge in [0.1, 0.15) is 0 Å². The minimum absolute atomic E-state index is 0.177. The third-order valence-corrected chi connectivity index (χ3v) is 13.9. The number of rotatable bonds is 5. The average Bonchev–Trinajstić information content (AvgIpc) is 3.81. The molecule has 1 aliphatic rings. The van der Waals surface area contributed by atoms with Gasteiger partial charge < -0.3 is 4.90 Å². The minimum Gasteiger partial charge on any atom is -0.310 e. The van der Waals surface area contributed by atoms with E-state index < -0.39 is 0 Å². The number of hydrogen-bond donors (Lipinski definition) is 0. The Morgan fingerprint density at radius 3 is 1.72 bits per heavy atom. The van der Waals surface area contributed by atoms with Gasteiger partial charge >= 0.3 is 0 Å². The van der Waals surface area contributed by atoms with Crippen molar-refractivity contribution in [2.45, 2.75) is 12.8 Å². The van der Waals surface area contributed by atoms with Crippen LogP contribution in [-0.2, 0) is 0 Å². The van der Waals surface area contributed by atoms with E-state index in [1.54, 1.807) is 0 Å². The van der Waals surface area contributed by atoms with Crippen LogP contribution in [0.25, 0.3) is 85.9 Å². The van der Waals surface area contributed by atoms with Crippen LogP contribution < -0.4 is 4.90 Å². The smallest absolute Gasteiger partial charge is 0.0991 e. The topological polar surface area (TPSA) is 27.0 Å². The Kier molecular flexibility index (Phi) is 7.79. The number of thiophene rings is 1. The van der Waals surface area contributed by atoms with Crippen LogP contribution in [0.4, 0.5) is 17.1 Å². The van der Waals surface area contributed by atoms with E-state index in [0.29, 0.717) is 5.56 Å². The Balaban J connectivity index is 1.03. The fourth-order valence-corrected chi connectivity index (χ4v) is 11.1. The van der Waals surface area contributed by atoms with Gasteiger partial charge in [0.15, 0.2) is 0 Å². The number of nitrogens with zero attached hydrogens (tertiary/aromatic N) is 2. The van der Waals surface area contributed by atoms with E-state index in [0.717, 1.165) is 17.1 Å². The molecule has 0 aliphatic heterocycles. The molecule has 0 amide bonds. The van der Waals surface area contributed by atoms with E-state index in [4.69, 9.17) is 0 Å². The second-order valence-corrected chi connectivity index (χ2v) is 17.0. The predicted molar refractivity (Wildman–Crippen MR) is 255 cm³/mol. The SMILES string of the molecule is CC1c2cc(C#N)ccc2-c2ccc(N(c3ccc(-c4c5ccccc5c(-c5cccc6ccccc56)c5ccccc45)cc3)c3ccc4c(c3)sc3ccccc34)cc21. The molecule has 0 spiro atoms. The molecular weight excluding hydrogens is 745 g/mol. The van der Waals surface area contributed by atoms with E-state index in [1.807, 2.05) is 17.4 Å². The van der Waals surface area contributed by atoms with Crippen molar-refractivity contribution in [2.75, 3.05) is 4.90 Å². The molecule has 60 heavy (non-hydrogen) atoms. The summed E-state index contributed by atoms with van der Waals surface area (Å²) >= 11 is 1.85. The van der Waals surface area contributed by atoms with Crippen molar-refractivity contribution in [2.24, 2.45) is 0 Å². The summed E-state index contributed by atoms with van der Waals surface area (Å²) in [6.07, 6.45) is 0. The molecule has 2 nitrogen and oxygen atoms in total. The monoisotopic (exact) mass is 780 g/mol. The molecule has 0 saturated carbocycles. The molecule has 11 aromatic rings. The summed E-state index contributed by atoms with van der Waals surface area (Å²) in [5.41, 5.74) is 13.9. The van der Waals surface area contributed by atoms with Gasteiger partial charge in [-0.2, -0.15) is 5.26 Å². The highest BCUT2D eigenvalue weighted by Crippen LogP contribution is 2.50. The number of nitriles is 1. The number of anilines is 3. The Morgan fingerprint density at radius 1 is 0.433 bits per heavy atom. The van der Waals surface area contributed by atoms with Crippen LogP contribution in [0.5, 0.6) is 0 Å². The van der Waals surface area contributed by atoms with Crippen molar-refractivity contribution >= 4 is 80.9 Å². The molecule has 0 fully saturated rings. The average molecular weight is 781 g/mol. The van der Waals surface area contributed by atoms with Gasteiger partial charge in [0.25, 0.3) is 0 Å². The molecule has 0 radical (unpaired) electrons. The van der Waals surface area contributed by atoms with Gasteiger partial charge in [-0.25, -0.2) is 0 Å². The van der Waals surface area contributed by atoms with Crippen LogP contribution in [-0.4, -0.2) is 0 Å². The maximum absolute atomic E-state index is 9.70. The first-order valence-corrected chi connectivity index (χ1v) is 21.4. The molecule has 1 atom stereocenters. The summed E-state index contributed by atoms with van der Waals surface area (Å²) in [6, 6.07) is 73.4. The lowest BCUT2D eigenvalue weighted by Crippen LogP contribution is -2.10. The van der Waals surface area contributed by atoms with Crippen LogP contribution in [0.3, 0.4) is 0 Å². The van der Waals surface area contributed by atoms with E-state index in [-0.39, 0.29) is 5.92 Å². The summed E-state index contributed by atoms with van der Waals surface area (Å²) in [6.45, 7) is 2.26. The van der Waals surface area contributed by atoms with Crippen molar-refractivity contribution in [1.82, 2.24) is 0 Å². The van der Waals surface area contributed by atoms with E-state index in [2.05, 4.69) is 206 Å². The highest BCUT2D eigenvalue weighted by atomic mass is 32.1. The molecule has 1 aliphatic carbocycles. The van der Waals surface area contributed by atoms with Crippen LogP contribution in [0.1, 0.15) is 29.5 Å². The third kappa shape index (κ3) is 5.25. The highest BCUT2D eigenvalue weighted by Gasteiger charge is 2.28. The summed E-state index contributed by atoms with van der Waals surface area (Å²) in [7, 11) is 0. The van der Waals surface area contributed by atoms with Gasteiger partial charge in [0, 0.05) is 43.2 Å². The fraction of sp³-hybridized carbons (Fsp3) is 0.0351. The highest BCUT2D eigenvalue weighted by molar-refractivity contribution is 7.25. The first-order chi connectivity index (χ1) is 29.6. The zero-order chi connectivity index (χ0) is 39.9. The summed E-state index contributed by atoms with van der Waals surface area (Å²) in [4.78, 5) is 2.41. The zero-order valence-electron chi connectivity index (χ0n) is 32.9. The lowest BCUT2D eigenvalue weighted by Gasteiger charge is -2.27. The number of fused-ring (bicyclic) bond motifs is 9. The zero-order valence-corrected chi connectivity index (χ0v) is 33.7. The van der Waals surface area contributed by atoms with E-state index >= 15 is 0 Å². The Hall–Kier alpha value is -7.51. The molecule has 0 N–H and O–H groups in total. The second kappa shape index (κ2) is 13.5. The maximum Gasteiger partial charge on any atom is 0.0991 e. The molecule has 1 aromatic heterocycles. The van der Waals surface area contributed by atoms with Crippen LogP contribution in [0, 0.1) is 11.3 Å². The maximum atomic E-state index is 9.70. The van der Waals surface area contributed by atoms with Gasteiger partial charge in [-0.05, 0) is 131 Å². The molecule has 0 bridgehead atoms. The van der Waals surface area contributed by atoms with Gasteiger partial charge in [0.2, 0.25) is 0 Å². The lowest BCUT2D eigenvalue weighted by molar-refractivity contribution is 0.955. The summed E-state index contributed by atoms with van der Waals surface area (Å²) < 4.78 is 2.57. The number of benzene rings is 10. The van der Waals surface area contributed by atoms with Crippen molar-refractivity contribution in [3.63, 3.8) is 0 Å². The summed E-state index contributed by atoms with van der Waals surface area (Å²) in [5, 5.41) is 19.8. The van der Waals surface area contributed by atoms with Crippen LogP contribution >= 0.6 is 11.3 Å². The molecule has 10 aromatic carbocycles. The minimum atomic E-state index is 0.177. The van der Waals surface area contributed by atoms with E-state index in [1.165, 1.54) is 97.0 Å². The van der Waals surface area contributed by atoms with Crippen LogP contribution in [0.2, 0.25) is 0 Å². The Morgan fingerprint density at radius 2 is 0.983 bits per heavy atom. The van der Waals surface area contributed by atoms with Gasteiger partial charge in [0.05, 0.1) is 11.6 Å². The van der Waals surface area contributed by atoms with Gasteiger partial charge in [-0.3, -0.25) is 0 Å². The van der Waals surface area contributed by atoms with E-state index in [9.17, 15) is 5.26 Å². The Labute approximate surface area is 352 Å². The van der Waals surface area contributed by atoms with Crippen LogP contribution in [0.15, 0.2) is 194 Å². The Bertz CT molecular complexity index is 3530. The standard InChI is InChI=1S/C57H36N2S/c1-35-52-31-36(34-58)21-28-43(52)44-29-26-40(32-53(35)44)59(41-27-30-46-45-14-8-9-20-54(45)60-55(46)33-41)39-24-22-38(23-25-39)56-48-15-4-6-17-50(48)57(51-18-7-5-16-49(51)56)47-19-10-12-37-11-2-3-13-42(37)47/h2-33,35H,1H3. The predicted octanol–water partition coefficient (Wildman–Crippen LogP) is 16.3. The van der Waals surface area contributed by atoms with Gasteiger partial charge in [-0.15, -0.1) is 11.3 Å². The molecule has 1 unspecified atom stereocenters.